The summed E-state index contributed by atoms with van der Waals surface area (Å²) >= 11 is 1.38. The molecule has 10 nitrogen and oxygen atoms in total. The topological polar surface area (TPSA) is 105 Å². The molecule has 0 spiro atoms. The number of benzene rings is 2. The van der Waals surface area contributed by atoms with Crippen molar-refractivity contribution in [1.82, 2.24) is 19.2 Å². The van der Waals surface area contributed by atoms with Crippen LogP contribution in [-0.2, 0) is 19.6 Å². The molecule has 5 rings (SSSR count). The molecule has 0 N–H and O–H groups in total. The SMILES string of the molecule is COc1ccc(S(=O)(=O)N2CCN(C(=O)CSc3nc4ccccc4nc3N3C[C@@H](C)O[C@@H](C)C3)CC2)cc1. The zero-order valence-corrected chi connectivity index (χ0v) is 24.0. The van der Waals surface area contributed by atoms with E-state index in [1.807, 2.05) is 38.1 Å². The van der Waals surface area contributed by atoms with Crippen LogP contribution in [-0.4, -0.2) is 97.8 Å². The van der Waals surface area contributed by atoms with E-state index in [2.05, 4.69) is 4.90 Å². The number of rotatable bonds is 7. The number of hydrogen-bond acceptors (Lipinski definition) is 9. The summed E-state index contributed by atoms with van der Waals surface area (Å²) in [6, 6.07) is 14.1. The van der Waals surface area contributed by atoms with E-state index in [1.54, 1.807) is 29.2 Å². The molecule has 2 aromatic carbocycles. The van der Waals surface area contributed by atoms with Crippen LogP contribution in [0.2, 0.25) is 0 Å². The third-order valence-electron chi connectivity index (χ3n) is 6.86. The lowest BCUT2D eigenvalue weighted by atomic mass is 10.2. The molecular formula is C27H33N5O5S2. The van der Waals surface area contributed by atoms with E-state index < -0.39 is 10.0 Å². The number of nitrogens with zero attached hydrogens (tertiary/aromatic N) is 5. The molecule has 12 heteroatoms. The van der Waals surface area contributed by atoms with E-state index >= 15 is 0 Å². The number of hydrogen-bond donors (Lipinski definition) is 0. The maximum Gasteiger partial charge on any atom is 0.243 e. The number of methoxy groups -OCH3 is 1. The lowest BCUT2D eigenvalue weighted by Gasteiger charge is -2.36. The zero-order valence-electron chi connectivity index (χ0n) is 22.3. The highest BCUT2D eigenvalue weighted by Gasteiger charge is 2.31. The summed E-state index contributed by atoms with van der Waals surface area (Å²) < 4.78 is 38.6. The second-order valence-corrected chi connectivity index (χ2v) is 12.7. The van der Waals surface area contributed by atoms with Crippen LogP contribution in [0.4, 0.5) is 5.82 Å². The first-order valence-corrected chi connectivity index (χ1v) is 15.4. The van der Waals surface area contributed by atoms with Crippen LogP contribution in [0.25, 0.3) is 11.0 Å². The van der Waals surface area contributed by atoms with E-state index in [1.165, 1.54) is 23.2 Å². The van der Waals surface area contributed by atoms with Crippen LogP contribution in [0, 0.1) is 0 Å². The standard InChI is InChI=1S/C27H33N5O5S2/c1-19-16-31(17-20(2)37-19)26-27(29-24-7-5-4-6-23(24)28-26)38-18-25(33)30-12-14-32(15-13-30)39(34,35)22-10-8-21(36-3)9-11-22/h4-11,19-20H,12-18H2,1-3H3/t19-,20+. The van der Waals surface area contributed by atoms with Crippen LogP contribution in [0.5, 0.6) is 5.75 Å². The second kappa shape index (κ2) is 11.7. The monoisotopic (exact) mass is 571 g/mol. The molecule has 3 aromatic rings. The molecule has 0 aliphatic carbocycles. The first-order valence-electron chi connectivity index (χ1n) is 13.0. The molecule has 208 valence electrons. The Morgan fingerprint density at radius 3 is 2.21 bits per heavy atom. The van der Waals surface area contributed by atoms with Gasteiger partial charge in [-0.25, -0.2) is 18.4 Å². The van der Waals surface area contributed by atoms with E-state index in [-0.39, 0.29) is 41.9 Å². The highest BCUT2D eigenvalue weighted by atomic mass is 32.2. The van der Waals surface area contributed by atoms with Crippen LogP contribution < -0.4 is 9.64 Å². The summed E-state index contributed by atoms with van der Waals surface area (Å²) in [5.41, 5.74) is 1.59. The van der Waals surface area contributed by atoms with Gasteiger partial charge in [0.2, 0.25) is 15.9 Å². The van der Waals surface area contributed by atoms with Gasteiger partial charge in [0.25, 0.3) is 0 Å². The summed E-state index contributed by atoms with van der Waals surface area (Å²) in [6.07, 6.45) is 0.124. The number of carbonyl (C=O) groups excluding carboxylic acids is 1. The first kappa shape index (κ1) is 27.6. The summed E-state index contributed by atoms with van der Waals surface area (Å²) in [7, 11) is -2.10. The summed E-state index contributed by atoms with van der Waals surface area (Å²) in [5.74, 6) is 1.51. The second-order valence-electron chi connectivity index (χ2n) is 9.75. The van der Waals surface area contributed by atoms with Crippen molar-refractivity contribution in [2.24, 2.45) is 0 Å². The predicted molar refractivity (Wildman–Crippen MR) is 151 cm³/mol. The Morgan fingerprint density at radius 2 is 1.59 bits per heavy atom. The molecule has 2 fully saturated rings. The lowest BCUT2D eigenvalue weighted by Crippen LogP contribution is -2.51. The fourth-order valence-electron chi connectivity index (χ4n) is 4.92. The molecule has 0 saturated carbocycles. The lowest BCUT2D eigenvalue weighted by molar-refractivity contribution is -0.129. The Hall–Kier alpha value is -2.93. The average Bonchev–Trinajstić information content (AvgIpc) is 2.95. The van der Waals surface area contributed by atoms with Crippen molar-refractivity contribution in [2.45, 2.75) is 36.0 Å². The number of para-hydroxylation sites is 2. The molecule has 0 unspecified atom stereocenters. The van der Waals surface area contributed by atoms with Gasteiger partial charge in [0, 0.05) is 39.3 Å². The Kier molecular flexibility index (Phi) is 8.27. The molecule has 2 atom stereocenters. The van der Waals surface area contributed by atoms with Gasteiger partial charge in [0.15, 0.2) is 5.82 Å². The summed E-state index contributed by atoms with van der Waals surface area (Å²) in [4.78, 5) is 27.1. The predicted octanol–water partition coefficient (Wildman–Crippen LogP) is 2.88. The van der Waals surface area contributed by atoms with Crippen molar-refractivity contribution in [3.05, 3.63) is 48.5 Å². The van der Waals surface area contributed by atoms with Crippen LogP contribution >= 0.6 is 11.8 Å². The molecular weight excluding hydrogens is 538 g/mol. The molecule has 39 heavy (non-hydrogen) atoms. The minimum absolute atomic E-state index is 0.0499. The number of morpholine rings is 1. The molecule has 1 amide bonds. The Labute approximate surface area is 233 Å². The number of thioether (sulfide) groups is 1. The van der Waals surface area contributed by atoms with Crippen molar-refractivity contribution >= 4 is 44.5 Å². The van der Waals surface area contributed by atoms with Gasteiger partial charge in [-0.1, -0.05) is 23.9 Å². The van der Waals surface area contributed by atoms with Gasteiger partial charge in [-0.3, -0.25) is 4.79 Å². The maximum atomic E-state index is 13.2. The Morgan fingerprint density at radius 1 is 0.974 bits per heavy atom. The highest BCUT2D eigenvalue weighted by Crippen LogP contribution is 2.31. The van der Waals surface area contributed by atoms with Gasteiger partial charge >= 0.3 is 0 Å². The number of sulfonamides is 1. The van der Waals surface area contributed by atoms with E-state index in [0.29, 0.717) is 37.0 Å². The van der Waals surface area contributed by atoms with Gasteiger partial charge in [0.05, 0.1) is 41.0 Å². The van der Waals surface area contributed by atoms with E-state index in [9.17, 15) is 13.2 Å². The van der Waals surface area contributed by atoms with Gasteiger partial charge in [-0.2, -0.15) is 4.31 Å². The number of anilines is 1. The highest BCUT2D eigenvalue weighted by molar-refractivity contribution is 8.00. The quantitative estimate of drug-likeness (QED) is 0.396. The Bertz CT molecular complexity index is 1420. The third kappa shape index (κ3) is 6.13. The van der Waals surface area contributed by atoms with Crippen molar-refractivity contribution in [1.29, 1.82) is 0 Å². The molecule has 3 heterocycles. The maximum absolute atomic E-state index is 13.2. The fourth-order valence-corrected chi connectivity index (χ4v) is 7.26. The van der Waals surface area contributed by atoms with Crippen LogP contribution in [0.3, 0.4) is 0 Å². The largest absolute Gasteiger partial charge is 0.497 e. The van der Waals surface area contributed by atoms with Crippen molar-refractivity contribution in [3.8, 4) is 5.75 Å². The summed E-state index contributed by atoms with van der Waals surface area (Å²) in [5, 5.41) is 0.712. The zero-order chi connectivity index (χ0) is 27.6. The molecule has 0 bridgehead atoms. The number of fused-ring (bicyclic) bond motifs is 1. The van der Waals surface area contributed by atoms with E-state index in [0.717, 1.165) is 16.9 Å². The molecule has 2 saturated heterocycles. The van der Waals surface area contributed by atoms with Crippen molar-refractivity contribution in [3.63, 3.8) is 0 Å². The molecule has 0 radical (unpaired) electrons. The molecule has 2 aliphatic heterocycles. The number of aromatic nitrogens is 2. The van der Waals surface area contributed by atoms with Gasteiger partial charge in [0.1, 0.15) is 10.8 Å². The summed E-state index contributed by atoms with van der Waals surface area (Å²) in [6.45, 7) is 6.65. The van der Waals surface area contributed by atoms with Gasteiger partial charge in [-0.15, -0.1) is 0 Å². The van der Waals surface area contributed by atoms with Crippen molar-refractivity contribution < 1.29 is 22.7 Å². The van der Waals surface area contributed by atoms with E-state index in [4.69, 9.17) is 19.4 Å². The smallest absolute Gasteiger partial charge is 0.243 e. The minimum Gasteiger partial charge on any atom is -0.497 e. The molecule has 2 aliphatic rings. The normalized spacial score (nSPS) is 20.8. The van der Waals surface area contributed by atoms with Crippen LogP contribution in [0.1, 0.15) is 13.8 Å². The number of amides is 1. The van der Waals surface area contributed by atoms with Crippen LogP contribution in [0.15, 0.2) is 58.5 Å². The Balaban J connectivity index is 1.25. The number of ether oxygens (including phenoxy) is 2. The first-order chi connectivity index (χ1) is 18.7. The third-order valence-corrected chi connectivity index (χ3v) is 9.71. The van der Waals surface area contributed by atoms with Gasteiger partial charge in [-0.05, 0) is 50.2 Å². The number of piperazine rings is 1. The van der Waals surface area contributed by atoms with Crippen molar-refractivity contribution in [2.75, 3.05) is 57.0 Å². The molecule has 1 aromatic heterocycles. The fraction of sp³-hybridized carbons (Fsp3) is 0.444. The average molecular weight is 572 g/mol. The minimum atomic E-state index is -3.64. The number of carbonyl (C=O) groups is 1. The van der Waals surface area contributed by atoms with Gasteiger partial charge < -0.3 is 19.3 Å².